The van der Waals surface area contributed by atoms with Gasteiger partial charge < -0.3 is 15.8 Å². The van der Waals surface area contributed by atoms with E-state index in [-0.39, 0.29) is 17.2 Å². The average Bonchev–Trinajstić information content (AvgIpc) is 2.48. The molecule has 8 heteroatoms. The first-order valence-corrected chi connectivity index (χ1v) is 6.58. The van der Waals surface area contributed by atoms with Crippen LogP contribution in [0.2, 0.25) is 0 Å². The van der Waals surface area contributed by atoms with Crippen molar-refractivity contribution >= 4 is 17.3 Å². The van der Waals surface area contributed by atoms with Crippen molar-refractivity contribution in [3.05, 3.63) is 33.6 Å². The van der Waals surface area contributed by atoms with Gasteiger partial charge in [-0.25, -0.2) is 4.39 Å². The molecule has 114 valence electrons. The Bertz CT molecular complexity index is 559. The fraction of sp³-hybridized carbons (Fsp3) is 0.462. The number of hydrogen-bond acceptors (Lipinski definition) is 5. The van der Waals surface area contributed by atoms with Crippen LogP contribution in [0.4, 0.5) is 15.8 Å². The van der Waals surface area contributed by atoms with Gasteiger partial charge in [0.25, 0.3) is 11.6 Å². The number of nitrogens with zero attached hydrogens (tertiary/aromatic N) is 1. The van der Waals surface area contributed by atoms with Gasteiger partial charge >= 0.3 is 0 Å². The number of hydrogen-bond donors (Lipinski definition) is 2. The molecule has 0 radical (unpaired) electrons. The van der Waals surface area contributed by atoms with Crippen molar-refractivity contribution in [2.24, 2.45) is 5.92 Å². The SMILES string of the molecule is Nc1cc(C(=O)NCC2CCCOC2)c([N+](=O)[O-])cc1F. The summed E-state index contributed by atoms with van der Waals surface area (Å²) in [7, 11) is 0. The predicted molar refractivity (Wildman–Crippen MR) is 73.3 cm³/mol. The van der Waals surface area contributed by atoms with Gasteiger partial charge in [-0.05, 0) is 24.8 Å². The number of halogens is 1. The zero-order chi connectivity index (χ0) is 15.4. The summed E-state index contributed by atoms with van der Waals surface area (Å²) < 4.78 is 18.6. The van der Waals surface area contributed by atoms with E-state index in [2.05, 4.69) is 5.32 Å². The molecule has 21 heavy (non-hydrogen) atoms. The number of anilines is 1. The number of carbonyl (C=O) groups excluding carboxylic acids is 1. The van der Waals surface area contributed by atoms with E-state index in [0.29, 0.717) is 25.8 Å². The minimum absolute atomic E-state index is 0.180. The number of benzene rings is 1. The van der Waals surface area contributed by atoms with Crippen LogP contribution in [0.1, 0.15) is 23.2 Å². The minimum atomic E-state index is -0.918. The lowest BCUT2D eigenvalue weighted by atomic mass is 10.0. The van der Waals surface area contributed by atoms with E-state index in [1.807, 2.05) is 0 Å². The second-order valence-electron chi connectivity index (χ2n) is 4.94. The number of carbonyl (C=O) groups is 1. The highest BCUT2D eigenvalue weighted by molar-refractivity contribution is 5.99. The van der Waals surface area contributed by atoms with Crippen LogP contribution in [0.5, 0.6) is 0 Å². The van der Waals surface area contributed by atoms with E-state index in [9.17, 15) is 19.3 Å². The zero-order valence-corrected chi connectivity index (χ0v) is 11.3. The van der Waals surface area contributed by atoms with Crippen molar-refractivity contribution in [1.82, 2.24) is 5.32 Å². The van der Waals surface area contributed by atoms with Gasteiger partial charge in [0.15, 0.2) is 5.82 Å². The van der Waals surface area contributed by atoms with Crippen LogP contribution in [0.15, 0.2) is 12.1 Å². The highest BCUT2D eigenvalue weighted by atomic mass is 19.1. The molecule has 0 aliphatic carbocycles. The maximum absolute atomic E-state index is 13.3. The first kappa shape index (κ1) is 15.2. The van der Waals surface area contributed by atoms with Crippen LogP contribution >= 0.6 is 0 Å². The summed E-state index contributed by atoms with van der Waals surface area (Å²) in [5.74, 6) is -1.38. The van der Waals surface area contributed by atoms with Gasteiger partial charge in [-0.2, -0.15) is 0 Å². The molecule has 1 aromatic carbocycles. The molecular weight excluding hydrogens is 281 g/mol. The number of amides is 1. The van der Waals surface area contributed by atoms with Crippen LogP contribution in [0, 0.1) is 21.8 Å². The smallest absolute Gasteiger partial charge is 0.285 e. The molecule has 0 aromatic heterocycles. The summed E-state index contributed by atoms with van der Waals surface area (Å²) in [6, 6.07) is 1.65. The molecule has 0 saturated carbocycles. The standard InChI is InChI=1S/C13H16FN3O4/c14-10-5-12(17(19)20)9(4-11(10)15)13(18)16-6-8-2-1-3-21-7-8/h4-5,8H,1-3,6-7,15H2,(H,16,18). The highest BCUT2D eigenvalue weighted by Gasteiger charge is 2.24. The summed E-state index contributed by atoms with van der Waals surface area (Å²) in [6.45, 7) is 1.62. The fourth-order valence-electron chi connectivity index (χ4n) is 2.21. The van der Waals surface area contributed by atoms with Crippen LogP contribution in [-0.2, 0) is 4.74 Å². The predicted octanol–water partition coefficient (Wildman–Crippen LogP) is 1.47. The Balaban J connectivity index is 2.10. The fourth-order valence-corrected chi connectivity index (χ4v) is 2.21. The van der Waals surface area contributed by atoms with Gasteiger partial charge in [-0.3, -0.25) is 14.9 Å². The third-order valence-corrected chi connectivity index (χ3v) is 3.36. The summed E-state index contributed by atoms with van der Waals surface area (Å²) in [5.41, 5.74) is 4.23. The largest absolute Gasteiger partial charge is 0.396 e. The number of ether oxygens (including phenoxy) is 1. The third-order valence-electron chi connectivity index (χ3n) is 3.36. The van der Waals surface area contributed by atoms with Crippen molar-refractivity contribution in [2.45, 2.75) is 12.8 Å². The van der Waals surface area contributed by atoms with Crippen LogP contribution in [0.25, 0.3) is 0 Å². The number of nitrogens with one attached hydrogen (secondary N) is 1. The Labute approximate surface area is 120 Å². The molecular formula is C13H16FN3O4. The lowest BCUT2D eigenvalue weighted by Gasteiger charge is -2.22. The molecule has 0 spiro atoms. The molecule has 3 N–H and O–H groups in total. The lowest BCUT2D eigenvalue weighted by Crippen LogP contribution is -2.33. The van der Waals surface area contributed by atoms with Crippen molar-refractivity contribution in [2.75, 3.05) is 25.5 Å². The molecule has 1 amide bonds. The quantitative estimate of drug-likeness (QED) is 0.497. The molecule has 1 unspecified atom stereocenters. The van der Waals surface area contributed by atoms with Gasteiger partial charge in [-0.15, -0.1) is 0 Å². The van der Waals surface area contributed by atoms with Gasteiger partial charge in [0.1, 0.15) is 5.56 Å². The molecule has 7 nitrogen and oxygen atoms in total. The van der Waals surface area contributed by atoms with Gasteiger partial charge in [0.2, 0.25) is 0 Å². The normalized spacial score (nSPS) is 18.2. The van der Waals surface area contributed by atoms with Crippen LogP contribution in [-0.4, -0.2) is 30.6 Å². The number of nitro groups is 1. The number of nitrogen functional groups attached to an aromatic ring is 1. The molecule has 1 atom stereocenters. The van der Waals surface area contributed by atoms with Crippen molar-refractivity contribution < 1.29 is 18.8 Å². The Morgan fingerprint density at radius 1 is 1.57 bits per heavy atom. The van der Waals surface area contributed by atoms with Crippen LogP contribution in [0.3, 0.4) is 0 Å². The van der Waals surface area contributed by atoms with E-state index in [4.69, 9.17) is 10.5 Å². The van der Waals surface area contributed by atoms with Crippen molar-refractivity contribution in [3.8, 4) is 0 Å². The molecule has 1 heterocycles. The van der Waals surface area contributed by atoms with Crippen molar-refractivity contribution in [3.63, 3.8) is 0 Å². The van der Waals surface area contributed by atoms with Crippen molar-refractivity contribution in [1.29, 1.82) is 0 Å². The maximum atomic E-state index is 13.3. The monoisotopic (exact) mass is 297 g/mol. The topological polar surface area (TPSA) is 107 Å². The minimum Gasteiger partial charge on any atom is -0.396 e. The average molecular weight is 297 g/mol. The summed E-state index contributed by atoms with van der Waals surface area (Å²) in [4.78, 5) is 22.1. The zero-order valence-electron chi connectivity index (χ0n) is 11.3. The Morgan fingerprint density at radius 3 is 2.95 bits per heavy atom. The molecule has 1 saturated heterocycles. The Kier molecular flexibility index (Phi) is 4.69. The first-order valence-electron chi connectivity index (χ1n) is 6.58. The maximum Gasteiger partial charge on any atom is 0.285 e. The van der Waals surface area contributed by atoms with E-state index < -0.39 is 22.3 Å². The van der Waals surface area contributed by atoms with E-state index in [1.54, 1.807) is 0 Å². The molecule has 1 fully saturated rings. The summed E-state index contributed by atoms with van der Waals surface area (Å²) in [5, 5.41) is 13.5. The first-order chi connectivity index (χ1) is 9.99. The van der Waals surface area contributed by atoms with Crippen LogP contribution < -0.4 is 11.1 Å². The summed E-state index contributed by atoms with van der Waals surface area (Å²) >= 11 is 0. The van der Waals surface area contributed by atoms with Gasteiger partial charge in [-0.1, -0.05) is 0 Å². The van der Waals surface area contributed by atoms with Gasteiger partial charge in [0.05, 0.1) is 23.3 Å². The van der Waals surface area contributed by atoms with E-state index >= 15 is 0 Å². The number of nitro benzene ring substituents is 1. The Morgan fingerprint density at radius 2 is 2.33 bits per heavy atom. The van der Waals surface area contributed by atoms with Gasteiger partial charge in [0, 0.05) is 13.2 Å². The molecule has 1 aliphatic rings. The number of nitrogens with two attached hydrogens (primary N) is 1. The third kappa shape index (κ3) is 3.66. The second kappa shape index (κ2) is 6.49. The molecule has 0 bridgehead atoms. The van der Waals surface area contributed by atoms with E-state index in [1.165, 1.54) is 0 Å². The second-order valence-corrected chi connectivity index (χ2v) is 4.94. The summed E-state index contributed by atoms with van der Waals surface area (Å²) in [6.07, 6.45) is 1.85. The lowest BCUT2D eigenvalue weighted by molar-refractivity contribution is -0.385. The number of rotatable bonds is 4. The molecule has 1 aromatic rings. The van der Waals surface area contributed by atoms with E-state index in [0.717, 1.165) is 18.9 Å². The Hall–Kier alpha value is -2.22. The highest BCUT2D eigenvalue weighted by Crippen LogP contribution is 2.24. The molecule has 1 aliphatic heterocycles. The molecule has 2 rings (SSSR count).